The van der Waals surface area contributed by atoms with E-state index in [0.29, 0.717) is 26.6 Å². The number of likely N-dealkylation sites (tertiary alicyclic amines) is 1. The van der Waals surface area contributed by atoms with Crippen molar-refractivity contribution in [3.05, 3.63) is 80.0 Å². The predicted molar refractivity (Wildman–Crippen MR) is 165 cm³/mol. The fraction of sp³-hybridized carbons (Fsp3) is 0.300. The molecule has 10 heteroatoms. The summed E-state index contributed by atoms with van der Waals surface area (Å²) in [5, 5.41) is 13.0. The number of aliphatic imine (C=N–C) groups is 1. The summed E-state index contributed by atoms with van der Waals surface area (Å²) in [7, 11) is 0. The molecule has 0 unspecified atom stereocenters. The Kier molecular flexibility index (Phi) is 8.73. The molecular weight excluding hydrogens is 614 g/mol. The summed E-state index contributed by atoms with van der Waals surface area (Å²) >= 11 is 10.8. The van der Waals surface area contributed by atoms with E-state index in [-0.39, 0.29) is 30.4 Å². The van der Waals surface area contributed by atoms with Gasteiger partial charge in [-0.05, 0) is 74.2 Å². The molecule has 0 spiro atoms. The number of hydrogen-bond acceptors (Lipinski definition) is 6. The van der Waals surface area contributed by atoms with Gasteiger partial charge in [-0.15, -0.1) is 0 Å². The van der Waals surface area contributed by atoms with Crippen LogP contribution in [0.2, 0.25) is 5.02 Å². The van der Waals surface area contributed by atoms with Crippen LogP contribution in [-0.2, 0) is 20.9 Å². The van der Waals surface area contributed by atoms with Gasteiger partial charge in [-0.25, -0.2) is 9.79 Å². The first kappa shape index (κ1) is 28.5. The molecule has 1 aromatic heterocycles. The number of aromatic nitrogens is 1. The number of benzene rings is 2. The summed E-state index contributed by atoms with van der Waals surface area (Å²) in [4.78, 5) is 33.0. The lowest BCUT2D eigenvalue weighted by molar-refractivity contribution is -0.138. The van der Waals surface area contributed by atoms with Crippen molar-refractivity contribution in [3.63, 3.8) is 0 Å². The highest BCUT2D eigenvalue weighted by molar-refractivity contribution is 9.10. The van der Waals surface area contributed by atoms with Crippen LogP contribution < -0.4 is 0 Å². The standard InChI is InChI=1S/C30H29BrClN3O4S/c1-3-39-30(38)27-28(37)25(40-29(27)33-22-7-5-21(32)6-8-22)14-19-16-35(24-9-4-20(31)15-23(19)24)17-26(36)34-12-10-18(2)11-13-34/h4-9,14-16,18,37H,3,10-13,17H2,1-2H3/b25-14-,33-29?. The molecule has 5 rings (SSSR count). The highest BCUT2D eigenvalue weighted by Crippen LogP contribution is 2.41. The maximum absolute atomic E-state index is 13.2. The second-order valence-electron chi connectivity index (χ2n) is 9.89. The number of rotatable bonds is 6. The minimum Gasteiger partial charge on any atom is -0.506 e. The quantitative estimate of drug-likeness (QED) is 0.282. The van der Waals surface area contributed by atoms with E-state index in [9.17, 15) is 14.7 Å². The monoisotopic (exact) mass is 641 g/mol. The van der Waals surface area contributed by atoms with Crippen molar-refractivity contribution in [1.29, 1.82) is 0 Å². The molecule has 0 atom stereocenters. The van der Waals surface area contributed by atoms with Gasteiger partial charge in [0.1, 0.15) is 22.9 Å². The lowest BCUT2D eigenvalue weighted by Crippen LogP contribution is -2.39. The van der Waals surface area contributed by atoms with Crippen LogP contribution in [0.25, 0.3) is 17.0 Å². The van der Waals surface area contributed by atoms with Crippen molar-refractivity contribution in [1.82, 2.24) is 9.47 Å². The molecule has 2 aromatic carbocycles. The number of thioether (sulfide) groups is 1. The van der Waals surface area contributed by atoms with Crippen LogP contribution in [0.4, 0.5) is 5.69 Å². The average Bonchev–Trinajstić information content (AvgIpc) is 3.41. The number of halogens is 2. The van der Waals surface area contributed by atoms with E-state index in [1.165, 1.54) is 11.8 Å². The van der Waals surface area contributed by atoms with Crippen LogP contribution in [0, 0.1) is 5.92 Å². The van der Waals surface area contributed by atoms with E-state index in [4.69, 9.17) is 16.3 Å². The molecule has 0 aliphatic carbocycles. The van der Waals surface area contributed by atoms with Crippen LogP contribution >= 0.6 is 39.3 Å². The van der Waals surface area contributed by atoms with Gasteiger partial charge < -0.3 is 19.3 Å². The summed E-state index contributed by atoms with van der Waals surface area (Å²) in [6.45, 7) is 5.89. The lowest BCUT2D eigenvalue weighted by Gasteiger charge is -2.30. The molecule has 208 valence electrons. The number of carbonyl (C=O) groups is 2. The molecule has 1 saturated heterocycles. The molecule has 2 aliphatic heterocycles. The number of amides is 1. The number of fused-ring (bicyclic) bond motifs is 1. The predicted octanol–water partition coefficient (Wildman–Crippen LogP) is 7.51. The molecule has 3 heterocycles. The number of aliphatic hydroxyl groups excluding tert-OH is 1. The summed E-state index contributed by atoms with van der Waals surface area (Å²) in [6, 6.07) is 12.8. The molecule has 0 bridgehead atoms. The van der Waals surface area contributed by atoms with Gasteiger partial charge in [0.05, 0.1) is 17.2 Å². The molecule has 7 nitrogen and oxygen atoms in total. The maximum atomic E-state index is 13.2. The second kappa shape index (κ2) is 12.2. The number of hydrogen-bond donors (Lipinski definition) is 1. The Morgan fingerprint density at radius 1 is 1.20 bits per heavy atom. The third-order valence-electron chi connectivity index (χ3n) is 7.03. The highest BCUT2D eigenvalue weighted by Gasteiger charge is 2.33. The number of piperidine rings is 1. The largest absolute Gasteiger partial charge is 0.506 e. The number of carbonyl (C=O) groups excluding carboxylic acids is 2. The second-order valence-corrected chi connectivity index (χ2v) is 12.3. The van der Waals surface area contributed by atoms with Crippen LogP contribution in [0.5, 0.6) is 0 Å². The lowest BCUT2D eigenvalue weighted by atomic mass is 9.99. The van der Waals surface area contributed by atoms with Gasteiger partial charge in [-0.2, -0.15) is 0 Å². The molecule has 0 saturated carbocycles. The zero-order chi connectivity index (χ0) is 28.4. The molecule has 1 fully saturated rings. The summed E-state index contributed by atoms with van der Waals surface area (Å²) in [5.74, 6) is -0.101. The van der Waals surface area contributed by atoms with Gasteiger partial charge in [0.2, 0.25) is 5.91 Å². The Labute approximate surface area is 250 Å². The van der Waals surface area contributed by atoms with Crippen LogP contribution in [0.1, 0.15) is 32.3 Å². The van der Waals surface area contributed by atoms with E-state index >= 15 is 0 Å². The van der Waals surface area contributed by atoms with Crippen molar-refractivity contribution in [2.45, 2.75) is 33.2 Å². The average molecular weight is 643 g/mol. The Hall–Kier alpha value is -3.01. The topological polar surface area (TPSA) is 84.1 Å². The Bertz CT molecular complexity index is 1550. The fourth-order valence-corrected chi connectivity index (χ4v) is 6.33. The first-order valence-electron chi connectivity index (χ1n) is 13.1. The third-order valence-corrected chi connectivity index (χ3v) is 8.80. The van der Waals surface area contributed by atoms with Crippen LogP contribution in [-0.4, -0.2) is 51.2 Å². The highest BCUT2D eigenvalue weighted by atomic mass is 79.9. The van der Waals surface area contributed by atoms with Crippen LogP contribution in [0.15, 0.2) is 74.4 Å². The third kappa shape index (κ3) is 6.16. The van der Waals surface area contributed by atoms with E-state index in [1.54, 1.807) is 31.2 Å². The Balaban J connectivity index is 1.52. The normalized spacial score (nSPS) is 18.4. The van der Waals surface area contributed by atoms with Gasteiger partial charge in [0, 0.05) is 45.2 Å². The molecule has 0 radical (unpaired) electrons. The summed E-state index contributed by atoms with van der Waals surface area (Å²) in [5.41, 5.74) is 2.32. The molecule has 1 amide bonds. The zero-order valence-corrected chi connectivity index (χ0v) is 25.4. The van der Waals surface area contributed by atoms with E-state index in [2.05, 4.69) is 27.8 Å². The first-order valence-corrected chi connectivity index (χ1v) is 15.1. The van der Waals surface area contributed by atoms with Gasteiger partial charge in [0.25, 0.3) is 0 Å². The van der Waals surface area contributed by atoms with Crippen molar-refractivity contribution in [3.8, 4) is 0 Å². The maximum Gasteiger partial charge on any atom is 0.344 e. The van der Waals surface area contributed by atoms with Crippen molar-refractivity contribution in [2.75, 3.05) is 19.7 Å². The minimum atomic E-state index is -0.643. The summed E-state index contributed by atoms with van der Waals surface area (Å²) < 4.78 is 8.07. The van der Waals surface area contributed by atoms with Gasteiger partial charge in [-0.3, -0.25) is 4.79 Å². The van der Waals surface area contributed by atoms with E-state index in [0.717, 1.165) is 46.9 Å². The molecule has 40 heavy (non-hydrogen) atoms. The molecular formula is C30H29BrClN3O4S. The van der Waals surface area contributed by atoms with Gasteiger partial charge in [-0.1, -0.05) is 46.2 Å². The molecule has 3 aromatic rings. The van der Waals surface area contributed by atoms with Crippen molar-refractivity contribution < 1.29 is 19.4 Å². The van der Waals surface area contributed by atoms with E-state index in [1.807, 2.05) is 39.9 Å². The Morgan fingerprint density at radius 2 is 1.93 bits per heavy atom. The smallest absolute Gasteiger partial charge is 0.344 e. The first-order chi connectivity index (χ1) is 19.2. The zero-order valence-electron chi connectivity index (χ0n) is 22.2. The number of aliphatic hydroxyl groups is 1. The van der Waals surface area contributed by atoms with Crippen molar-refractivity contribution in [2.24, 2.45) is 10.9 Å². The SMILES string of the molecule is CCOC(=O)C1=C(O)/C(=C/c2cn(CC(=O)N3CCC(C)CC3)c3ccc(Br)cc23)SC1=Nc1ccc(Cl)cc1. The Morgan fingerprint density at radius 3 is 2.62 bits per heavy atom. The van der Waals surface area contributed by atoms with Gasteiger partial charge >= 0.3 is 5.97 Å². The minimum absolute atomic E-state index is 0.0208. The van der Waals surface area contributed by atoms with E-state index < -0.39 is 5.97 Å². The summed E-state index contributed by atoms with van der Waals surface area (Å²) in [6.07, 6.45) is 5.78. The van der Waals surface area contributed by atoms with Crippen LogP contribution in [0.3, 0.4) is 0 Å². The molecule has 2 aliphatic rings. The number of ether oxygens (including phenoxy) is 1. The van der Waals surface area contributed by atoms with Crippen molar-refractivity contribution >= 4 is 78.9 Å². The number of esters is 1. The van der Waals surface area contributed by atoms with Gasteiger partial charge in [0.15, 0.2) is 0 Å². The molecule has 1 N–H and O–H groups in total. The fourth-order valence-electron chi connectivity index (χ4n) is 4.81. The number of nitrogens with zero attached hydrogens (tertiary/aromatic N) is 3.